The normalized spacial score (nSPS) is 12.2. The van der Waals surface area contributed by atoms with Crippen molar-refractivity contribution in [3.8, 4) is 0 Å². The second-order valence-corrected chi connectivity index (χ2v) is 6.30. The summed E-state index contributed by atoms with van der Waals surface area (Å²) in [6.07, 6.45) is 0. The van der Waals surface area contributed by atoms with Gasteiger partial charge in [-0.15, -0.1) is 0 Å². The highest BCUT2D eigenvalue weighted by Gasteiger charge is 2.32. The van der Waals surface area contributed by atoms with Crippen LogP contribution in [0.5, 0.6) is 0 Å². The van der Waals surface area contributed by atoms with E-state index >= 15 is 0 Å². The van der Waals surface area contributed by atoms with E-state index in [9.17, 15) is 18.0 Å². The molecule has 0 aliphatic heterocycles. The summed E-state index contributed by atoms with van der Waals surface area (Å²) < 4.78 is 26.0. The third kappa shape index (κ3) is 3.62. The van der Waals surface area contributed by atoms with E-state index in [0.717, 1.165) is 0 Å². The molecule has 0 bridgehead atoms. The van der Waals surface area contributed by atoms with E-state index in [0.29, 0.717) is 5.56 Å². The SMILES string of the molecule is CC(=O)c1ccc(S(=O)(=O)NC(C)(C)C(=O)O)cc1. The smallest absolute Gasteiger partial charge is 0.324 e. The number of nitrogens with one attached hydrogen (secondary N) is 1. The van der Waals surface area contributed by atoms with Crippen LogP contribution in [0.1, 0.15) is 31.1 Å². The molecule has 1 aromatic carbocycles. The summed E-state index contributed by atoms with van der Waals surface area (Å²) in [5.74, 6) is -1.46. The largest absolute Gasteiger partial charge is 0.480 e. The van der Waals surface area contributed by atoms with Crippen molar-refractivity contribution in [3.63, 3.8) is 0 Å². The first-order valence-corrected chi connectivity index (χ1v) is 6.93. The Labute approximate surface area is 111 Å². The maximum atomic E-state index is 12.0. The number of carboxylic acids is 1. The number of carboxylic acid groups (broad SMARTS) is 1. The van der Waals surface area contributed by atoms with Crippen LogP contribution in [0.4, 0.5) is 0 Å². The molecular weight excluding hydrogens is 270 g/mol. The van der Waals surface area contributed by atoms with Gasteiger partial charge < -0.3 is 5.11 Å². The second-order valence-electron chi connectivity index (χ2n) is 4.62. The molecule has 0 aromatic heterocycles. The average molecular weight is 285 g/mol. The summed E-state index contributed by atoms with van der Waals surface area (Å²) >= 11 is 0. The number of hydrogen-bond acceptors (Lipinski definition) is 4. The Morgan fingerprint density at radius 3 is 2.00 bits per heavy atom. The lowest BCUT2D eigenvalue weighted by molar-refractivity contribution is -0.142. The lowest BCUT2D eigenvalue weighted by Crippen LogP contribution is -2.49. The number of aliphatic carboxylic acids is 1. The fraction of sp³-hybridized carbons (Fsp3) is 0.333. The van der Waals surface area contributed by atoms with Crippen molar-refractivity contribution < 1.29 is 23.1 Å². The predicted molar refractivity (Wildman–Crippen MR) is 68.5 cm³/mol. The number of benzene rings is 1. The van der Waals surface area contributed by atoms with Gasteiger partial charge >= 0.3 is 5.97 Å². The monoisotopic (exact) mass is 285 g/mol. The van der Waals surface area contributed by atoms with E-state index in [2.05, 4.69) is 4.72 Å². The molecule has 0 saturated heterocycles. The summed E-state index contributed by atoms with van der Waals surface area (Å²) in [5.41, 5.74) is -1.23. The Morgan fingerprint density at radius 1 is 1.16 bits per heavy atom. The summed E-state index contributed by atoms with van der Waals surface area (Å²) in [6, 6.07) is 5.28. The van der Waals surface area contributed by atoms with Crippen LogP contribution in [0.15, 0.2) is 29.2 Å². The standard InChI is InChI=1S/C12H15NO5S/c1-8(14)9-4-6-10(7-5-9)19(17,18)13-12(2,3)11(15)16/h4-7,13H,1-3H3,(H,15,16). The van der Waals surface area contributed by atoms with Gasteiger partial charge in [0, 0.05) is 5.56 Å². The Bertz CT molecular complexity index is 602. The topological polar surface area (TPSA) is 101 Å². The molecule has 0 unspecified atom stereocenters. The van der Waals surface area contributed by atoms with Crippen molar-refractivity contribution in [2.75, 3.05) is 0 Å². The van der Waals surface area contributed by atoms with Crippen molar-refractivity contribution in [3.05, 3.63) is 29.8 Å². The fourth-order valence-electron chi connectivity index (χ4n) is 1.31. The van der Waals surface area contributed by atoms with Crippen molar-refractivity contribution in [2.45, 2.75) is 31.2 Å². The molecule has 0 radical (unpaired) electrons. The molecule has 2 N–H and O–H groups in total. The van der Waals surface area contributed by atoms with E-state index in [1.165, 1.54) is 45.0 Å². The van der Waals surface area contributed by atoms with Crippen LogP contribution < -0.4 is 4.72 Å². The molecule has 0 spiro atoms. The maximum absolute atomic E-state index is 12.0. The van der Waals surface area contributed by atoms with Crippen molar-refractivity contribution in [1.82, 2.24) is 4.72 Å². The quantitative estimate of drug-likeness (QED) is 0.787. The zero-order chi connectivity index (χ0) is 14.8. The minimum atomic E-state index is -3.95. The number of hydrogen-bond donors (Lipinski definition) is 2. The van der Waals surface area contributed by atoms with Crippen LogP contribution in [0, 0.1) is 0 Å². The molecule has 0 heterocycles. The van der Waals surface area contributed by atoms with Crippen molar-refractivity contribution >= 4 is 21.8 Å². The van der Waals surface area contributed by atoms with Gasteiger partial charge in [-0.05, 0) is 32.9 Å². The van der Waals surface area contributed by atoms with E-state index in [4.69, 9.17) is 5.11 Å². The molecule has 0 atom stereocenters. The van der Waals surface area contributed by atoms with Crippen LogP contribution in [-0.2, 0) is 14.8 Å². The fourth-order valence-corrected chi connectivity index (χ4v) is 2.68. The van der Waals surface area contributed by atoms with E-state index < -0.39 is 21.5 Å². The van der Waals surface area contributed by atoms with Gasteiger partial charge in [-0.1, -0.05) is 12.1 Å². The van der Waals surface area contributed by atoms with Crippen LogP contribution >= 0.6 is 0 Å². The van der Waals surface area contributed by atoms with Crippen molar-refractivity contribution in [1.29, 1.82) is 0 Å². The first kappa shape index (κ1) is 15.3. The molecule has 7 heteroatoms. The molecule has 0 saturated carbocycles. The Kier molecular flexibility index (Phi) is 4.12. The number of carbonyl (C=O) groups excluding carboxylic acids is 1. The minimum Gasteiger partial charge on any atom is -0.480 e. The summed E-state index contributed by atoms with van der Waals surface area (Å²) in [5, 5.41) is 8.90. The molecule has 0 amide bonds. The zero-order valence-electron chi connectivity index (χ0n) is 10.8. The van der Waals surface area contributed by atoms with Crippen LogP contribution in [-0.4, -0.2) is 30.8 Å². The molecule has 0 fully saturated rings. The summed E-state index contributed by atoms with van der Waals surface area (Å²) in [7, 11) is -3.95. The number of carbonyl (C=O) groups is 2. The van der Waals surface area contributed by atoms with Gasteiger partial charge in [0.15, 0.2) is 5.78 Å². The molecule has 1 rings (SSSR count). The Balaban J connectivity index is 3.08. The first-order valence-electron chi connectivity index (χ1n) is 5.44. The molecule has 6 nitrogen and oxygen atoms in total. The molecule has 104 valence electrons. The molecule has 1 aromatic rings. The molecule has 0 aliphatic carbocycles. The number of rotatable bonds is 5. The van der Waals surface area contributed by atoms with Crippen LogP contribution in [0.2, 0.25) is 0 Å². The highest BCUT2D eigenvalue weighted by Crippen LogP contribution is 2.14. The van der Waals surface area contributed by atoms with E-state index in [1.807, 2.05) is 0 Å². The third-order valence-electron chi connectivity index (χ3n) is 2.50. The minimum absolute atomic E-state index is 0.0909. The van der Waals surface area contributed by atoms with Gasteiger partial charge in [0.25, 0.3) is 0 Å². The highest BCUT2D eigenvalue weighted by molar-refractivity contribution is 7.89. The van der Waals surface area contributed by atoms with Gasteiger partial charge in [-0.2, -0.15) is 4.72 Å². The van der Waals surface area contributed by atoms with E-state index in [-0.39, 0.29) is 10.7 Å². The van der Waals surface area contributed by atoms with Crippen LogP contribution in [0.3, 0.4) is 0 Å². The van der Waals surface area contributed by atoms with E-state index in [1.54, 1.807) is 0 Å². The lowest BCUT2D eigenvalue weighted by Gasteiger charge is -2.20. The highest BCUT2D eigenvalue weighted by atomic mass is 32.2. The lowest BCUT2D eigenvalue weighted by atomic mass is 10.1. The number of ketones is 1. The van der Waals surface area contributed by atoms with Gasteiger partial charge in [0.05, 0.1) is 4.90 Å². The summed E-state index contributed by atoms with van der Waals surface area (Å²) in [4.78, 5) is 21.9. The third-order valence-corrected chi connectivity index (χ3v) is 4.17. The molecule has 0 aliphatic rings. The zero-order valence-corrected chi connectivity index (χ0v) is 11.6. The van der Waals surface area contributed by atoms with Gasteiger partial charge in [0.1, 0.15) is 5.54 Å². The van der Waals surface area contributed by atoms with Gasteiger partial charge in [0.2, 0.25) is 10.0 Å². The van der Waals surface area contributed by atoms with Gasteiger partial charge in [-0.3, -0.25) is 9.59 Å². The molecular formula is C12H15NO5S. The maximum Gasteiger partial charge on any atom is 0.324 e. The van der Waals surface area contributed by atoms with Crippen molar-refractivity contribution in [2.24, 2.45) is 0 Å². The predicted octanol–water partition coefficient (Wildman–Crippen LogP) is 1.03. The first-order chi connectivity index (χ1) is 8.56. The second kappa shape index (κ2) is 5.10. The number of sulfonamides is 1. The Morgan fingerprint density at radius 2 is 1.63 bits per heavy atom. The van der Waals surface area contributed by atoms with Crippen LogP contribution in [0.25, 0.3) is 0 Å². The Hall–Kier alpha value is -1.73. The summed E-state index contributed by atoms with van der Waals surface area (Å²) in [6.45, 7) is 3.86. The average Bonchev–Trinajstić information content (AvgIpc) is 2.27. The van der Waals surface area contributed by atoms with Gasteiger partial charge in [-0.25, -0.2) is 8.42 Å². The molecule has 19 heavy (non-hydrogen) atoms. The number of Topliss-reactive ketones (excluding diaryl/α,β-unsaturated/α-hetero) is 1.